The molecule has 1 aromatic heterocycles. The maximum atomic E-state index is 13.8. The molecule has 3 aromatic rings. The average molecular weight is 507 g/mol. The lowest BCUT2D eigenvalue weighted by atomic mass is 10.0. The van der Waals surface area contributed by atoms with Crippen LogP contribution in [0, 0.1) is 5.82 Å². The number of hydrogen-bond donors (Lipinski definition) is 0. The predicted octanol–water partition coefficient (Wildman–Crippen LogP) is 4.83. The van der Waals surface area contributed by atoms with Crippen LogP contribution in [0.25, 0.3) is 11.3 Å². The summed E-state index contributed by atoms with van der Waals surface area (Å²) >= 11 is 0. The van der Waals surface area contributed by atoms with Crippen LogP contribution >= 0.6 is 0 Å². The highest BCUT2D eigenvalue weighted by Crippen LogP contribution is 2.35. The minimum absolute atomic E-state index is 0.133. The first-order chi connectivity index (χ1) is 18.1. The number of benzene rings is 2. The van der Waals surface area contributed by atoms with Gasteiger partial charge in [0.25, 0.3) is 5.91 Å². The Labute approximate surface area is 217 Å². The Morgan fingerprint density at radius 2 is 1.81 bits per heavy atom. The van der Waals surface area contributed by atoms with Gasteiger partial charge in [0, 0.05) is 49.9 Å². The Morgan fingerprint density at radius 1 is 1.05 bits per heavy atom. The smallest absolute Gasteiger partial charge is 0.254 e. The molecule has 2 aliphatic rings. The molecular formula is C29H35FN4O3. The average Bonchev–Trinajstić information content (AvgIpc) is 3.35. The van der Waals surface area contributed by atoms with Crippen molar-refractivity contribution in [2.45, 2.75) is 38.8 Å². The molecule has 0 bridgehead atoms. The van der Waals surface area contributed by atoms with Crippen LogP contribution in [0.5, 0.6) is 0 Å². The molecule has 1 unspecified atom stereocenters. The highest BCUT2D eigenvalue weighted by Gasteiger charge is 2.30. The third-order valence-corrected chi connectivity index (χ3v) is 7.40. The summed E-state index contributed by atoms with van der Waals surface area (Å²) in [6.07, 6.45) is 3.39. The molecule has 0 saturated carbocycles. The van der Waals surface area contributed by atoms with Crippen molar-refractivity contribution >= 4 is 11.8 Å². The quantitative estimate of drug-likeness (QED) is 0.436. The van der Waals surface area contributed by atoms with Gasteiger partial charge in [-0.1, -0.05) is 35.5 Å². The number of carbonyl (C=O) groups is 1. The topological polar surface area (TPSA) is 62.1 Å². The van der Waals surface area contributed by atoms with Gasteiger partial charge in [0.1, 0.15) is 11.5 Å². The Hall–Kier alpha value is -3.23. The van der Waals surface area contributed by atoms with Crippen molar-refractivity contribution in [1.29, 1.82) is 0 Å². The maximum absolute atomic E-state index is 13.8. The molecular weight excluding hydrogens is 471 g/mol. The number of morpholine rings is 1. The summed E-state index contributed by atoms with van der Waals surface area (Å²) in [5, 5.41) is 4.51. The number of rotatable bonds is 8. The van der Waals surface area contributed by atoms with Crippen molar-refractivity contribution in [3.8, 4) is 11.3 Å². The predicted molar refractivity (Wildman–Crippen MR) is 141 cm³/mol. The monoisotopic (exact) mass is 506 g/mol. The largest absolute Gasteiger partial charge is 0.379 e. The van der Waals surface area contributed by atoms with Gasteiger partial charge in [0.15, 0.2) is 0 Å². The van der Waals surface area contributed by atoms with E-state index in [1.807, 2.05) is 35.2 Å². The lowest BCUT2D eigenvalue weighted by molar-refractivity contribution is 0.0320. The van der Waals surface area contributed by atoms with Gasteiger partial charge in [0.2, 0.25) is 5.88 Å². The first kappa shape index (κ1) is 25.4. The summed E-state index contributed by atoms with van der Waals surface area (Å²) in [5.41, 5.74) is 3.10. The van der Waals surface area contributed by atoms with E-state index in [1.54, 1.807) is 12.1 Å². The van der Waals surface area contributed by atoms with E-state index < -0.39 is 0 Å². The van der Waals surface area contributed by atoms with Crippen LogP contribution in [0.1, 0.15) is 42.1 Å². The molecule has 1 amide bonds. The van der Waals surface area contributed by atoms with Crippen molar-refractivity contribution in [3.05, 3.63) is 71.5 Å². The molecule has 5 rings (SSSR count). The standard InChI is InChI=1S/C29H35FN4O3/c1-22-7-5-6-14-34(22)29-26(27(31-37-29)23-8-3-2-4-9-23)21-33(16-15-32-17-19-36-20-18-32)28(35)24-10-12-25(30)13-11-24/h2-4,8-13,22H,5-7,14-21H2,1H3. The Morgan fingerprint density at radius 3 is 2.54 bits per heavy atom. The molecule has 0 spiro atoms. The molecule has 3 heterocycles. The van der Waals surface area contributed by atoms with Crippen LogP contribution in [-0.4, -0.2) is 72.8 Å². The summed E-state index contributed by atoms with van der Waals surface area (Å²) in [6, 6.07) is 16.1. The van der Waals surface area contributed by atoms with Gasteiger partial charge < -0.3 is 19.1 Å². The number of aromatic nitrogens is 1. The fourth-order valence-electron chi connectivity index (χ4n) is 5.20. The molecule has 196 valence electrons. The third-order valence-electron chi connectivity index (χ3n) is 7.40. The normalized spacial score (nSPS) is 18.6. The summed E-state index contributed by atoms with van der Waals surface area (Å²) in [6.45, 7) is 7.83. The second kappa shape index (κ2) is 11.9. The van der Waals surface area contributed by atoms with Crippen molar-refractivity contribution in [1.82, 2.24) is 15.0 Å². The number of amides is 1. The molecule has 7 nitrogen and oxygen atoms in total. The van der Waals surface area contributed by atoms with Crippen LogP contribution < -0.4 is 4.90 Å². The molecule has 8 heteroatoms. The number of nitrogens with zero attached hydrogens (tertiary/aromatic N) is 4. The molecule has 2 aromatic carbocycles. The molecule has 2 aliphatic heterocycles. The van der Waals surface area contributed by atoms with Crippen LogP contribution in [0.4, 0.5) is 10.3 Å². The SMILES string of the molecule is CC1CCCCN1c1onc(-c2ccccc2)c1CN(CCN1CCOCC1)C(=O)c1ccc(F)cc1. The van der Waals surface area contributed by atoms with Crippen LogP contribution in [0.15, 0.2) is 59.1 Å². The molecule has 0 radical (unpaired) electrons. The first-order valence-electron chi connectivity index (χ1n) is 13.3. The van der Waals surface area contributed by atoms with E-state index in [9.17, 15) is 9.18 Å². The van der Waals surface area contributed by atoms with E-state index in [-0.39, 0.29) is 11.7 Å². The van der Waals surface area contributed by atoms with E-state index in [0.717, 1.165) is 61.7 Å². The number of carbonyl (C=O) groups excluding carboxylic acids is 1. The Bertz CT molecular complexity index is 1160. The zero-order valence-corrected chi connectivity index (χ0v) is 21.4. The molecule has 2 saturated heterocycles. The minimum atomic E-state index is -0.358. The van der Waals surface area contributed by atoms with Gasteiger partial charge in [0.05, 0.1) is 25.3 Å². The van der Waals surface area contributed by atoms with Crippen molar-refractivity contribution in [2.24, 2.45) is 0 Å². The first-order valence-corrected chi connectivity index (χ1v) is 13.3. The number of halogens is 1. The minimum Gasteiger partial charge on any atom is -0.379 e. The van der Waals surface area contributed by atoms with E-state index in [1.165, 1.54) is 18.6 Å². The second-order valence-electron chi connectivity index (χ2n) is 9.91. The van der Waals surface area contributed by atoms with Gasteiger partial charge in [-0.05, 0) is 50.5 Å². The molecule has 37 heavy (non-hydrogen) atoms. The van der Waals surface area contributed by atoms with Crippen molar-refractivity contribution in [3.63, 3.8) is 0 Å². The fourth-order valence-corrected chi connectivity index (χ4v) is 5.20. The van der Waals surface area contributed by atoms with Crippen LogP contribution in [0.3, 0.4) is 0 Å². The van der Waals surface area contributed by atoms with Gasteiger partial charge >= 0.3 is 0 Å². The summed E-state index contributed by atoms with van der Waals surface area (Å²) < 4.78 is 25.1. The molecule has 2 fully saturated rings. The third kappa shape index (κ3) is 6.02. The zero-order valence-electron chi connectivity index (χ0n) is 21.4. The lowest BCUT2D eigenvalue weighted by Crippen LogP contribution is -2.43. The summed E-state index contributed by atoms with van der Waals surface area (Å²) in [4.78, 5) is 20.2. The fraction of sp³-hybridized carbons (Fsp3) is 0.448. The van der Waals surface area contributed by atoms with Crippen molar-refractivity contribution < 1.29 is 18.4 Å². The van der Waals surface area contributed by atoms with Gasteiger partial charge in [-0.25, -0.2) is 4.39 Å². The molecule has 0 aliphatic carbocycles. The second-order valence-corrected chi connectivity index (χ2v) is 9.91. The highest BCUT2D eigenvalue weighted by molar-refractivity contribution is 5.94. The zero-order chi connectivity index (χ0) is 25.6. The number of ether oxygens (including phenoxy) is 1. The van der Waals surface area contributed by atoms with Crippen LogP contribution in [-0.2, 0) is 11.3 Å². The van der Waals surface area contributed by atoms with E-state index >= 15 is 0 Å². The lowest BCUT2D eigenvalue weighted by Gasteiger charge is -2.34. The van der Waals surface area contributed by atoms with Gasteiger partial charge in [-0.15, -0.1) is 0 Å². The van der Waals surface area contributed by atoms with Crippen molar-refractivity contribution in [2.75, 3.05) is 50.8 Å². The number of anilines is 1. The summed E-state index contributed by atoms with van der Waals surface area (Å²) in [5.74, 6) is 0.253. The number of hydrogen-bond acceptors (Lipinski definition) is 6. The van der Waals surface area contributed by atoms with Gasteiger partial charge in [-0.3, -0.25) is 9.69 Å². The van der Waals surface area contributed by atoms with Gasteiger partial charge in [-0.2, -0.15) is 0 Å². The Balaban J connectivity index is 1.49. The highest BCUT2D eigenvalue weighted by atomic mass is 19.1. The van der Waals surface area contributed by atoms with Crippen LogP contribution in [0.2, 0.25) is 0 Å². The Kier molecular flexibility index (Phi) is 8.16. The molecule has 1 atom stereocenters. The van der Waals surface area contributed by atoms with E-state index in [0.29, 0.717) is 37.9 Å². The maximum Gasteiger partial charge on any atom is 0.254 e. The van der Waals surface area contributed by atoms with E-state index in [2.05, 4.69) is 21.9 Å². The van der Waals surface area contributed by atoms with E-state index in [4.69, 9.17) is 9.26 Å². The summed E-state index contributed by atoms with van der Waals surface area (Å²) in [7, 11) is 0. The molecule has 0 N–H and O–H groups in total. The number of piperidine rings is 1.